The van der Waals surface area contributed by atoms with E-state index in [1.807, 2.05) is 24.0 Å². The third kappa shape index (κ3) is 2.27. The van der Waals surface area contributed by atoms with E-state index in [2.05, 4.69) is 28.9 Å². The number of aryl methyl sites for hydroxylation is 1. The third-order valence-corrected chi connectivity index (χ3v) is 2.79. The summed E-state index contributed by atoms with van der Waals surface area (Å²) < 4.78 is 1.57. The van der Waals surface area contributed by atoms with E-state index in [1.165, 1.54) is 0 Å². The van der Waals surface area contributed by atoms with E-state index in [9.17, 15) is 0 Å². The molecule has 0 saturated heterocycles. The first-order valence-electron chi connectivity index (χ1n) is 6.06. The standard InChI is InChI=1S/C12H18N6/c1-4-17(5-2)12-15-11(13)18(16-12)10-8-9(3)6-7-14-10/h6-8H,4-5H2,1-3H3,(H2,13,15,16). The van der Waals surface area contributed by atoms with Crippen molar-refractivity contribution < 1.29 is 0 Å². The van der Waals surface area contributed by atoms with Gasteiger partial charge in [0.05, 0.1) is 0 Å². The molecule has 2 rings (SSSR count). The first-order valence-corrected chi connectivity index (χ1v) is 6.06. The van der Waals surface area contributed by atoms with Gasteiger partial charge in [-0.1, -0.05) is 0 Å². The van der Waals surface area contributed by atoms with Gasteiger partial charge in [0.25, 0.3) is 0 Å². The highest BCUT2D eigenvalue weighted by molar-refractivity contribution is 5.40. The number of aromatic nitrogens is 4. The lowest BCUT2D eigenvalue weighted by molar-refractivity contribution is 0.793. The van der Waals surface area contributed by atoms with Gasteiger partial charge in [0.15, 0.2) is 5.82 Å². The Kier molecular flexibility index (Phi) is 3.45. The molecule has 0 unspecified atom stereocenters. The smallest absolute Gasteiger partial charge is 0.247 e. The summed E-state index contributed by atoms with van der Waals surface area (Å²) in [6.45, 7) is 7.82. The molecule has 0 aliphatic carbocycles. The fourth-order valence-corrected chi connectivity index (χ4v) is 1.76. The number of nitrogen functional groups attached to an aromatic ring is 1. The van der Waals surface area contributed by atoms with Crippen LogP contribution in [0.1, 0.15) is 19.4 Å². The number of nitrogens with two attached hydrogens (primary N) is 1. The van der Waals surface area contributed by atoms with Crippen LogP contribution in [-0.2, 0) is 0 Å². The van der Waals surface area contributed by atoms with Gasteiger partial charge in [-0.05, 0) is 38.5 Å². The molecule has 0 radical (unpaired) electrons. The summed E-state index contributed by atoms with van der Waals surface area (Å²) in [6, 6.07) is 3.86. The Labute approximate surface area is 106 Å². The molecule has 0 atom stereocenters. The number of hydrogen-bond donors (Lipinski definition) is 1. The van der Waals surface area contributed by atoms with Crippen molar-refractivity contribution in [2.75, 3.05) is 23.7 Å². The zero-order chi connectivity index (χ0) is 13.1. The van der Waals surface area contributed by atoms with Crippen LogP contribution >= 0.6 is 0 Å². The summed E-state index contributed by atoms with van der Waals surface area (Å²) in [4.78, 5) is 10.6. The molecule has 18 heavy (non-hydrogen) atoms. The Balaban J connectivity index is 2.40. The van der Waals surface area contributed by atoms with E-state index in [1.54, 1.807) is 10.9 Å². The van der Waals surface area contributed by atoms with E-state index in [4.69, 9.17) is 5.73 Å². The molecule has 6 heteroatoms. The van der Waals surface area contributed by atoms with E-state index >= 15 is 0 Å². The Morgan fingerprint density at radius 3 is 2.67 bits per heavy atom. The fourth-order valence-electron chi connectivity index (χ4n) is 1.76. The zero-order valence-corrected chi connectivity index (χ0v) is 11.0. The summed E-state index contributed by atoms with van der Waals surface area (Å²) in [7, 11) is 0. The van der Waals surface area contributed by atoms with E-state index < -0.39 is 0 Å². The van der Waals surface area contributed by atoms with Gasteiger partial charge in [-0.15, -0.1) is 5.10 Å². The number of hydrogen-bond acceptors (Lipinski definition) is 5. The molecular weight excluding hydrogens is 228 g/mol. The van der Waals surface area contributed by atoms with Gasteiger partial charge in [0.2, 0.25) is 11.9 Å². The van der Waals surface area contributed by atoms with E-state index in [0.29, 0.717) is 17.7 Å². The number of nitrogens with zero attached hydrogens (tertiary/aromatic N) is 5. The second-order valence-electron chi connectivity index (χ2n) is 4.05. The van der Waals surface area contributed by atoms with Gasteiger partial charge in [-0.25, -0.2) is 4.98 Å². The highest BCUT2D eigenvalue weighted by Gasteiger charge is 2.13. The lowest BCUT2D eigenvalue weighted by atomic mass is 10.3. The van der Waals surface area contributed by atoms with Crippen molar-refractivity contribution in [1.82, 2.24) is 19.7 Å². The molecule has 0 amide bonds. The van der Waals surface area contributed by atoms with Crippen LogP contribution in [0.3, 0.4) is 0 Å². The molecule has 96 valence electrons. The molecule has 6 nitrogen and oxygen atoms in total. The minimum Gasteiger partial charge on any atom is -0.368 e. The highest BCUT2D eigenvalue weighted by atomic mass is 15.5. The zero-order valence-electron chi connectivity index (χ0n) is 11.0. The predicted octanol–water partition coefficient (Wildman–Crippen LogP) is 1.40. The Morgan fingerprint density at radius 1 is 1.33 bits per heavy atom. The van der Waals surface area contributed by atoms with Crippen LogP contribution in [0.5, 0.6) is 0 Å². The van der Waals surface area contributed by atoms with Crippen LogP contribution in [0, 0.1) is 6.92 Å². The molecule has 2 aromatic rings. The van der Waals surface area contributed by atoms with Crippen molar-refractivity contribution >= 4 is 11.9 Å². The van der Waals surface area contributed by atoms with Crippen LogP contribution in [-0.4, -0.2) is 32.8 Å². The van der Waals surface area contributed by atoms with Crippen molar-refractivity contribution in [1.29, 1.82) is 0 Å². The molecule has 0 bridgehead atoms. The van der Waals surface area contributed by atoms with Crippen molar-refractivity contribution in [3.05, 3.63) is 23.9 Å². The normalized spacial score (nSPS) is 10.6. The molecule has 2 aromatic heterocycles. The maximum absolute atomic E-state index is 5.89. The molecule has 0 aliphatic rings. The number of pyridine rings is 1. The topological polar surface area (TPSA) is 72.9 Å². The number of anilines is 2. The summed E-state index contributed by atoms with van der Waals surface area (Å²) in [5.41, 5.74) is 7.00. The quantitative estimate of drug-likeness (QED) is 0.882. The van der Waals surface area contributed by atoms with Crippen molar-refractivity contribution in [2.24, 2.45) is 0 Å². The minimum atomic E-state index is 0.356. The molecule has 0 aliphatic heterocycles. The first kappa shape index (κ1) is 12.3. The average molecular weight is 246 g/mol. The highest BCUT2D eigenvalue weighted by Crippen LogP contribution is 2.15. The summed E-state index contributed by atoms with van der Waals surface area (Å²) in [5.74, 6) is 1.69. The lowest BCUT2D eigenvalue weighted by Crippen LogP contribution is -2.23. The third-order valence-electron chi connectivity index (χ3n) is 2.79. The van der Waals surface area contributed by atoms with Crippen LogP contribution in [0.15, 0.2) is 18.3 Å². The van der Waals surface area contributed by atoms with Crippen molar-refractivity contribution in [3.63, 3.8) is 0 Å². The Hall–Kier alpha value is -2.11. The fraction of sp³-hybridized carbons (Fsp3) is 0.417. The van der Waals surface area contributed by atoms with Crippen LogP contribution in [0.4, 0.5) is 11.9 Å². The van der Waals surface area contributed by atoms with Gasteiger partial charge >= 0.3 is 0 Å². The summed E-state index contributed by atoms with van der Waals surface area (Å²) >= 11 is 0. The molecule has 0 aromatic carbocycles. The number of rotatable bonds is 4. The van der Waals surface area contributed by atoms with Crippen LogP contribution in [0.2, 0.25) is 0 Å². The Morgan fingerprint density at radius 2 is 2.06 bits per heavy atom. The molecule has 0 fully saturated rings. The lowest BCUT2D eigenvalue weighted by Gasteiger charge is -2.15. The maximum atomic E-state index is 5.89. The monoisotopic (exact) mass is 246 g/mol. The van der Waals surface area contributed by atoms with Crippen LogP contribution in [0.25, 0.3) is 5.82 Å². The van der Waals surface area contributed by atoms with Gasteiger partial charge in [0, 0.05) is 19.3 Å². The molecular formula is C12H18N6. The largest absolute Gasteiger partial charge is 0.368 e. The minimum absolute atomic E-state index is 0.356. The SMILES string of the molecule is CCN(CC)c1nc(N)n(-c2cc(C)ccn2)n1. The maximum Gasteiger partial charge on any atom is 0.247 e. The summed E-state index contributed by atoms with van der Waals surface area (Å²) in [6.07, 6.45) is 1.74. The second kappa shape index (κ2) is 5.03. The van der Waals surface area contributed by atoms with Crippen LogP contribution < -0.4 is 10.6 Å². The first-order chi connectivity index (χ1) is 8.65. The predicted molar refractivity (Wildman–Crippen MR) is 71.9 cm³/mol. The van der Waals surface area contributed by atoms with Crippen molar-refractivity contribution in [3.8, 4) is 5.82 Å². The second-order valence-corrected chi connectivity index (χ2v) is 4.05. The molecule has 2 heterocycles. The van der Waals surface area contributed by atoms with E-state index in [0.717, 1.165) is 18.7 Å². The molecule has 0 spiro atoms. The van der Waals surface area contributed by atoms with Gasteiger partial charge in [0.1, 0.15) is 0 Å². The van der Waals surface area contributed by atoms with Crippen molar-refractivity contribution in [2.45, 2.75) is 20.8 Å². The van der Waals surface area contributed by atoms with Gasteiger partial charge < -0.3 is 10.6 Å². The van der Waals surface area contributed by atoms with Gasteiger partial charge in [-0.2, -0.15) is 9.67 Å². The summed E-state index contributed by atoms with van der Waals surface area (Å²) in [5, 5.41) is 4.41. The Bertz CT molecular complexity index is 529. The average Bonchev–Trinajstić information content (AvgIpc) is 2.73. The molecule has 2 N–H and O–H groups in total. The van der Waals surface area contributed by atoms with E-state index in [-0.39, 0.29) is 0 Å². The molecule has 0 saturated carbocycles. The van der Waals surface area contributed by atoms with Gasteiger partial charge in [-0.3, -0.25) is 0 Å².